The standard InChI is InChI=1S/C22H43NO4/c1-4-7-9-10-11-12-18-26-21(24)14-16-23-17-15-22(25)27-19-20(6-3)13-8-5-2/h20,23H,4-19H2,1-3H3. The Kier molecular flexibility index (Phi) is 18.9. The van der Waals surface area contributed by atoms with Gasteiger partial charge in [-0.25, -0.2) is 0 Å². The summed E-state index contributed by atoms with van der Waals surface area (Å²) in [6.45, 7) is 8.64. The Hall–Kier alpha value is -1.10. The molecule has 0 rings (SSSR count). The van der Waals surface area contributed by atoms with Crippen LogP contribution in [-0.4, -0.2) is 38.2 Å². The lowest BCUT2D eigenvalue weighted by atomic mass is 10.0. The summed E-state index contributed by atoms with van der Waals surface area (Å²) >= 11 is 0. The molecule has 0 fully saturated rings. The number of carbonyl (C=O) groups is 2. The number of carbonyl (C=O) groups excluding carboxylic acids is 2. The van der Waals surface area contributed by atoms with Gasteiger partial charge < -0.3 is 14.8 Å². The summed E-state index contributed by atoms with van der Waals surface area (Å²) in [7, 11) is 0. The Balaban J connectivity index is 3.48. The summed E-state index contributed by atoms with van der Waals surface area (Å²) in [6.07, 6.45) is 12.3. The molecule has 0 spiro atoms. The van der Waals surface area contributed by atoms with Crippen molar-refractivity contribution in [1.29, 1.82) is 0 Å². The van der Waals surface area contributed by atoms with Crippen molar-refractivity contribution in [3.63, 3.8) is 0 Å². The molecule has 0 aliphatic heterocycles. The average molecular weight is 386 g/mol. The molecule has 0 aromatic carbocycles. The molecule has 0 radical (unpaired) electrons. The number of hydrogen-bond donors (Lipinski definition) is 1. The smallest absolute Gasteiger partial charge is 0.307 e. The molecule has 0 aromatic rings. The second-order valence-corrected chi connectivity index (χ2v) is 7.34. The van der Waals surface area contributed by atoms with Gasteiger partial charge in [0, 0.05) is 13.1 Å². The normalized spacial score (nSPS) is 12.0. The molecule has 0 aliphatic rings. The maximum Gasteiger partial charge on any atom is 0.307 e. The van der Waals surface area contributed by atoms with Crippen LogP contribution in [0.2, 0.25) is 0 Å². The van der Waals surface area contributed by atoms with Gasteiger partial charge in [0.25, 0.3) is 0 Å². The lowest BCUT2D eigenvalue weighted by Crippen LogP contribution is -2.24. The molecule has 1 atom stereocenters. The SMILES string of the molecule is CCCCCCCCOC(=O)CCNCCC(=O)OCC(CC)CCCC. The van der Waals surface area contributed by atoms with Crippen LogP contribution in [0.3, 0.4) is 0 Å². The first kappa shape index (κ1) is 25.9. The molecule has 0 heterocycles. The fourth-order valence-electron chi connectivity index (χ4n) is 2.83. The van der Waals surface area contributed by atoms with Gasteiger partial charge in [-0.3, -0.25) is 9.59 Å². The van der Waals surface area contributed by atoms with Crippen LogP contribution < -0.4 is 5.32 Å². The number of unbranched alkanes of at least 4 members (excludes halogenated alkanes) is 6. The van der Waals surface area contributed by atoms with E-state index in [1.54, 1.807) is 0 Å². The summed E-state index contributed by atoms with van der Waals surface area (Å²) < 4.78 is 10.6. The van der Waals surface area contributed by atoms with Gasteiger partial charge >= 0.3 is 11.9 Å². The zero-order chi connectivity index (χ0) is 20.2. The van der Waals surface area contributed by atoms with E-state index < -0.39 is 0 Å². The quantitative estimate of drug-likeness (QED) is 0.250. The molecule has 0 aliphatic carbocycles. The minimum atomic E-state index is -0.166. The van der Waals surface area contributed by atoms with Crippen LogP contribution >= 0.6 is 0 Å². The number of rotatable bonds is 19. The van der Waals surface area contributed by atoms with Gasteiger partial charge in [0.2, 0.25) is 0 Å². The zero-order valence-corrected chi connectivity index (χ0v) is 18.0. The summed E-state index contributed by atoms with van der Waals surface area (Å²) in [6, 6.07) is 0. The first-order valence-electron chi connectivity index (χ1n) is 11.2. The molecule has 0 bridgehead atoms. The minimum Gasteiger partial charge on any atom is -0.466 e. The molecule has 0 amide bonds. The van der Waals surface area contributed by atoms with E-state index in [1.165, 1.54) is 38.5 Å². The predicted octanol–water partition coefficient (Wildman–Crippen LogP) is 5.02. The van der Waals surface area contributed by atoms with Crippen molar-refractivity contribution >= 4 is 11.9 Å². The second kappa shape index (κ2) is 19.7. The van der Waals surface area contributed by atoms with Crippen molar-refractivity contribution in [1.82, 2.24) is 5.32 Å². The Morgan fingerprint density at radius 1 is 0.778 bits per heavy atom. The van der Waals surface area contributed by atoms with E-state index in [4.69, 9.17) is 9.47 Å². The van der Waals surface area contributed by atoms with E-state index in [0.29, 0.717) is 45.1 Å². The van der Waals surface area contributed by atoms with E-state index in [2.05, 4.69) is 26.1 Å². The van der Waals surface area contributed by atoms with Crippen molar-refractivity contribution in [3.8, 4) is 0 Å². The predicted molar refractivity (Wildman–Crippen MR) is 111 cm³/mol. The molecular formula is C22H43NO4. The first-order chi connectivity index (χ1) is 13.1. The highest BCUT2D eigenvalue weighted by atomic mass is 16.5. The van der Waals surface area contributed by atoms with E-state index >= 15 is 0 Å². The number of hydrogen-bond acceptors (Lipinski definition) is 5. The van der Waals surface area contributed by atoms with Gasteiger partial charge in [-0.15, -0.1) is 0 Å². The van der Waals surface area contributed by atoms with Gasteiger partial charge in [-0.05, 0) is 18.8 Å². The van der Waals surface area contributed by atoms with Crippen LogP contribution in [0, 0.1) is 5.92 Å². The van der Waals surface area contributed by atoms with Crippen molar-refractivity contribution in [2.24, 2.45) is 5.92 Å². The highest BCUT2D eigenvalue weighted by Crippen LogP contribution is 2.13. The molecule has 27 heavy (non-hydrogen) atoms. The van der Waals surface area contributed by atoms with Crippen molar-refractivity contribution in [2.45, 2.75) is 97.8 Å². The molecule has 1 unspecified atom stereocenters. The fraction of sp³-hybridized carbons (Fsp3) is 0.909. The number of ether oxygens (including phenoxy) is 2. The van der Waals surface area contributed by atoms with Crippen molar-refractivity contribution < 1.29 is 19.1 Å². The molecule has 0 aromatic heterocycles. The van der Waals surface area contributed by atoms with E-state index in [9.17, 15) is 9.59 Å². The largest absolute Gasteiger partial charge is 0.466 e. The fourth-order valence-corrected chi connectivity index (χ4v) is 2.83. The van der Waals surface area contributed by atoms with Gasteiger partial charge in [0.1, 0.15) is 0 Å². The van der Waals surface area contributed by atoms with Crippen molar-refractivity contribution in [2.75, 3.05) is 26.3 Å². The highest BCUT2D eigenvalue weighted by molar-refractivity contribution is 5.70. The van der Waals surface area contributed by atoms with E-state index in [1.807, 2.05) is 0 Å². The van der Waals surface area contributed by atoms with Gasteiger partial charge in [-0.1, -0.05) is 72.1 Å². The van der Waals surface area contributed by atoms with Crippen molar-refractivity contribution in [3.05, 3.63) is 0 Å². The Labute approximate surface area is 167 Å². The molecule has 160 valence electrons. The van der Waals surface area contributed by atoms with Crippen LogP contribution in [0.5, 0.6) is 0 Å². The van der Waals surface area contributed by atoms with Crippen LogP contribution in [0.15, 0.2) is 0 Å². The maximum atomic E-state index is 11.7. The topological polar surface area (TPSA) is 64.6 Å². The Morgan fingerprint density at radius 2 is 1.37 bits per heavy atom. The number of esters is 2. The van der Waals surface area contributed by atoms with Gasteiger partial charge in [0.15, 0.2) is 0 Å². The van der Waals surface area contributed by atoms with Crippen LogP contribution in [0.1, 0.15) is 97.8 Å². The Morgan fingerprint density at radius 3 is 2.00 bits per heavy atom. The van der Waals surface area contributed by atoms with Gasteiger partial charge in [0.05, 0.1) is 26.1 Å². The lowest BCUT2D eigenvalue weighted by Gasteiger charge is -2.14. The molecule has 0 saturated heterocycles. The molecule has 5 heteroatoms. The summed E-state index contributed by atoms with van der Waals surface area (Å²) in [5, 5.41) is 3.11. The van der Waals surface area contributed by atoms with E-state index in [-0.39, 0.29) is 11.9 Å². The molecule has 5 nitrogen and oxygen atoms in total. The summed E-state index contributed by atoms with van der Waals surface area (Å²) in [4.78, 5) is 23.4. The second-order valence-electron chi connectivity index (χ2n) is 7.34. The minimum absolute atomic E-state index is 0.164. The molecule has 0 saturated carbocycles. The monoisotopic (exact) mass is 385 g/mol. The zero-order valence-electron chi connectivity index (χ0n) is 18.0. The third kappa shape index (κ3) is 18.0. The summed E-state index contributed by atoms with van der Waals surface area (Å²) in [5.41, 5.74) is 0. The Bertz CT molecular complexity index is 360. The highest BCUT2D eigenvalue weighted by Gasteiger charge is 2.10. The van der Waals surface area contributed by atoms with E-state index in [0.717, 1.165) is 25.7 Å². The molecule has 1 N–H and O–H groups in total. The van der Waals surface area contributed by atoms with Crippen LogP contribution in [-0.2, 0) is 19.1 Å². The maximum absolute atomic E-state index is 11.7. The van der Waals surface area contributed by atoms with Crippen LogP contribution in [0.25, 0.3) is 0 Å². The summed E-state index contributed by atoms with van der Waals surface area (Å²) in [5.74, 6) is 0.145. The van der Waals surface area contributed by atoms with Crippen LogP contribution in [0.4, 0.5) is 0 Å². The lowest BCUT2D eigenvalue weighted by molar-refractivity contribution is -0.145. The third-order valence-corrected chi connectivity index (χ3v) is 4.80. The molecular weight excluding hydrogens is 342 g/mol. The third-order valence-electron chi connectivity index (χ3n) is 4.80. The average Bonchev–Trinajstić information content (AvgIpc) is 2.67. The van der Waals surface area contributed by atoms with Gasteiger partial charge in [-0.2, -0.15) is 0 Å². The number of nitrogens with one attached hydrogen (secondary N) is 1. The first-order valence-corrected chi connectivity index (χ1v) is 11.2.